The van der Waals surface area contributed by atoms with Crippen LogP contribution in [0.25, 0.3) is 11.3 Å². The highest BCUT2D eigenvalue weighted by Crippen LogP contribution is 2.29. The summed E-state index contributed by atoms with van der Waals surface area (Å²) >= 11 is 0. The number of nitrogens with two attached hydrogens (primary N) is 1. The monoisotopic (exact) mass is 317 g/mol. The number of H-pyrrole nitrogens is 1. The number of nitrogens with one attached hydrogen (secondary N) is 1. The number of aromatic nitrogens is 2. The molecule has 0 unspecified atom stereocenters. The Labute approximate surface area is 134 Å². The number of anilines is 1. The van der Waals surface area contributed by atoms with Gasteiger partial charge in [-0.3, -0.25) is 5.10 Å². The van der Waals surface area contributed by atoms with Crippen LogP contribution in [0.15, 0.2) is 30.3 Å². The van der Waals surface area contributed by atoms with Crippen molar-refractivity contribution in [3.8, 4) is 11.3 Å². The van der Waals surface area contributed by atoms with Gasteiger partial charge in [-0.2, -0.15) is 5.10 Å². The first kappa shape index (κ1) is 16.8. The molecule has 22 heavy (non-hydrogen) atoms. The van der Waals surface area contributed by atoms with Gasteiger partial charge < -0.3 is 10.2 Å². The molecule has 3 N–H and O–H groups in total. The molecule has 120 valence electrons. The van der Waals surface area contributed by atoms with Crippen LogP contribution >= 0.6 is 0 Å². The molecule has 2 rings (SSSR count). The highest BCUT2D eigenvalue weighted by atomic mass is 28.4. The molecular formula is C17H27N3OSi. The van der Waals surface area contributed by atoms with E-state index in [4.69, 9.17) is 10.2 Å². The van der Waals surface area contributed by atoms with E-state index in [0.717, 1.165) is 17.3 Å². The molecule has 0 aliphatic heterocycles. The van der Waals surface area contributed by atoms with Crippen LogP contribution < -0.4 is 5.73 Å². The molecule has 4 nitrogen and oxygen atoms in total. The van der Waals surface area contributed by atoms with Crippen molar-refractivity contribution in [1.82, 2.24) is 10.2 Å². The maximum Gasteiger partial charge on any atom is 0.187 e. The van der Waals surface area contributed by atoms with Gasteiger partial charge >= 0.3 is 0 Å². The smallest absolute Gasteiger partial charge is 0.187 e. The summed E-state index contributed by atoms with van der Waals surface area (Å²) in [5.41, 5.74) is 9.17. The van der Waals surface area contributed by atoms with Crippen LogP contribution in [-0.4, -0.2) is 18.5 Å². The van der Waals surface area contributed by atoms with Crippen molar-refractivity contribution in [2.75, 3.05) is 5.73 Å². The third-order valence-corrected chi connectivity index (χ3v) is 6.29. The normalized spacial score (nSPS) is 12.6. The highest BCUT2D eigenvalue weighted by molar-refractivity contribution is 6.71. The predicted octanol–water partition coefficient (Wildman–Crippen LogP) is 4.43. The Morgan fingerprint density at radius 1 is 1.18 bits per heavy atom. The van der Waals surface area contributed by atoms with Crippen molar-refractivity contribution >= 4 is 14.1 Å². The fraction of sp³-hybridized carbons (Fsp3) is 0.471. The van der Waals surface area contributed by atoms with Gasteiger partial charge in [0.25, 0.3) is 0 Å². The second-order valence-electron chi connectivity index (χ2n) is 7.69. The van der Waals surface area contributed by atoms with E-state index < -0.39 is 8.32 Å². The molecule has 0 spiro atoms. The molecular weight excluding hydrogens is 290 g/mol. The molecule has 0 aliphatic rings. The summed E-state index contributed by atoms with van der Waals surface area (Å²) in [7, 11) is -1.63. The van der Waals surface area contributed by atoms with E-state index in [1.165, 1.54) is 5.56 Å². The van der Waals surface area contributed by atoms with Crippen LogP contribution in [0.4, 0.5) is 5.82 Å². The molecule has 0 saturated heterocycles. The zero-order chi connectivity index (χ0) is 16.4. The van der Waals surface area contributed by atoms with Gasteiger partial charge in [0, 0.05) is 6.07 Å². The zero-order valence-corrected chi connectivity index (χ0v) is 15.2. The maximum absolute atomic E-state index is 6.24. The lowest BCUT2D eigenvalue weighted by Gasteiger charge is -2.30. The average molecular weight is 318 g/mol. The van der Waals surface area contributed by atoms with Crippen molar-refractivity contribution in [3.63, 3.8) is 0 Å². The summed E-state index contributed by atoms with van der Waals surface area (Å²) in [6.07, 6.45) is 0. The Hall–Kier alpha value is -1.59. The van der Waals surface area contributed by atoms with Crippen molar-refractivity contribution in [1.29, 1.82) is 0 Å². The zero-order valence-electron chi connectivity index (χ0n) is 14.2. The van der Waals surface area contributed by atoms with Gasteiger partial charge in [-0.1, -0.05) is 45.0 Å². The Morgan fingerprint density at radius 3 is 2.32 bits per heavy atom. The highest BCUT2D eigenvalue weighted by Gasteiger charge is 2.29. The molecule has 0 aliphatic carbocycles. The van der Waals surface area contributed by atoms with E-state index in [1.807, 2.05) is 6.07 Å². The Morgan fingerprint density at radius 2 is 1.82 bits per heavy atom. The van der Waals surface area contributed by atoms with Crippen molar-refractivity contribution < 1.29 is 4.43 Å². The molecule has 1 heterocycles. The lowest BCUT2D eigenvalue weighted by molar-refractivity contribution is 0.280. The van der Waals surface area contributed by atoms with Crippen LogP contribution in [0.1, 0.15) is 26.3 Å². The summed E-state index contributed by atoms with van der Waals surface area (Å²) in [6.45, 7) is 12.1. The van der Waals surface area contributed by atoms with Gasteiger partial charge in [0.15, 0.2) is 8.32 Å². The molecule has 0 bridgehead atoms. The number of rotatable bonds is 5. The summed E-state index contributed by atoms with van der Waals surface area (Å²) in [5.74, 6) is 0.511. The van der Waals surface area contributed by atoms with Gasteiger partial charge in [-0.05, 0) is 35.7 Å². The van der Waals surface area contributed by atoms with Gasteiger partial charge in [-0.25, -0.2) is 0 Å². The first-order valence-electron chi connectivity index (χ1n) is 7.69. The second kappa shape index (κ2) is 6.26. The van der Waals surface area contributed by atoms with Crippen molar-refractivity contribution in [2.45, 2.75) is 46.5 Å². The van der Waals surface area contributed by atoms with E-state index >= 15 is 0 Å². The topological polar surface area (TPSA) is 63.9 Å². The Bertz CT molecular complexity index is 612. The molecule has 1 aromatic heterocycles. The fourth-order valence-electron chi connectivity index (χ4n) is 2.87. The van der Waals surface area contributed by atoms with Crippen LogP contribution in [0.3, 0.4) is 0 Å². The Kier molecular flexibility index (Phi) is 4.77. The summed E-state index contributed by atoms with van der Waals surface area (Å²) in [4.78, 5) is 0. The number of benzene rings is 1. The van der Waals surface area contributed by atoms with Crippen LogP contribution in [0.2, 0.25) is 19.1 Å². The Balaban J connectivity index is 1.97. The van der Waals surface area contributed by atoms with Crippen LogP contribution in [-0.2, 0) is 11.0 Å². The number of aromatic amines is 1. The first-order chi connectivity index (χ1) is 10.1. The SMILES string of the molecule is CC(C)(C)C[Si](C)(C)OCc1ccc(-c2cc(N)n[nH]2)cc1. The second-order valence-corrected chi connectivity index (χ2v) is 11.9. The van der Waals surface area contributed by atoms with E-state index in [-0.39, 0.29) is 0 Å². The lowest BCUT2D eigenvalue weighted by atomic mass is 10.0. The molecule has 0 atom stereocenters. The molecule has 1 aromatic carbocycles. The number of hydrogen-bond donors (Lipinski definition) is 2. The summed E-state index contributed by atoms with van der Waals surface area (Å²) in [6, 6.07) is 11.4. The number of hydrogen-bond acceptors (Lipinski definition) is 3. The molecule has 0 saturated carbocycles. The quantitative estimate of drug-likeness (QED) is 0.802. The van der Waals surface area contributed by atoms with E-state index in [2.05, 4.69) is 68.3 Å². The number of nitrogen functional groups attached to an aromatic ring is 1. The molecule has 0 amide bonds. The minimum Gasteiger partial charge on any atom is -0.413 e. The average Bonchev–Trinajstić information content (AvgIpc) is 2.81. The van der Waals surface area contributed by atoms with Gasteiger partial charge in [0.05, 0.1) is 12.3 Å². The summed E-state index contributed by atoms with van der Waals surface area (Å²) in [5, 5.41) is 6.88. The van der Waals surface area contributed by atoms with Crippen molar-refractivity contribution in [3.05, 3.63) is 35.9 Å². The van der Waals surface area contributed by atoms with Gasteiger partial charge in [0.2, 0.25) is 0 Å². The maximum atomic E-state index is 6.24. The minimum atomic E-state index is -1.63. The standard InChI is InChI=1S/C17H27N3OSi/c1-17(2,3)12-22(4,5)21-11-13-6-8-14(9-7-13)15-10-16(18)20-19-15/h6-10H,11-12H2,1-5H3,(H3,18,19,20). The molecule has 5 heteroatoms. The minimum absolute atomic E-state index is 0.320. The van der Waals surface area contributed by atoms with E-state index in [1.54, 1.807) is 0 Å². The fourth-order valence-corrected chi connectivity index (χ4v) is 6.09. The molecule has 0 radical (unpaired) electrons. The third kappa shape index (κ3) is 5.00. The summed E-state index contributed by atoms with van der Waals surface area (Å²) < 4.78 is 6.24. The van der Waals surface area contributed by atoms with Gasteiger partial charge in [-0.15, -0.1) is 0 Å². The lowest BCUT2D eigenvalue weighted by Crippen LogP contribution is -2.34. The molecule has 2 aromatic rings. The molecule has 0 fully saturated rings. The first-order valence-corrected chi connectivity index (χ1v) is 10.8. The number of nitrogens with zero attached hydrogens (tertiary/aromatic N) is 1. The van der Waals surface area contributed by atoms with E-state index in [9.17, 15) is 0 Å². The predicted molar refractivity (Wildman–Crippen MR) is 95.0 cm³/mol. The van der Waals surface area contributed by atoms with E-state index in [0.29, 0.717) is 17.8 Å². The van der Waals surface area contributed by atoms with Crippen LogP contribution in [0.5, 0.6) is 0 Å². The van der Waals surface area contributed by atoms with Crippen LogP contribution in [0, 0.1) is 5.41 Å². The largest absolute Gasteiger partial charge is 0.413 e. The third-order valence-electron chi connectivity index (χ3n) is 3.45. The van der Waals surface area contributed by atoms with Crippen molar-refractivity contribution in [2.24, 2.45) is 5.41 Å². The van der Waals surface area contributed by atoms with Gasteiger partial charge in [0.1, 0.15) is 5.82 Å².